The summed E-state index contributed by atoms with van der Waals surface area (Å²) in [5.74, 6) is -2.97. The van der Waals surface area contributed by atoms with Crippen molar-refractivity contribution in [1.29, 1.82) is 0 Å². The average Bonchev–Trinajstić information content (AvgIpc) is 3.33. The van der Waals surface area contributed by atoms with Crippen molar-refractivity contribution in [3.63, 3.8) is 0 Å². The number of hydrogen-bond acceptors (Lipinski definition) is 6. The Balaban J connectivity index is 1.69. The molecule has 4 unspecified atom stereocenters. The highest BCUT2D eigenvalue weighted by atomic mass is 32.1. The Morgan fingerprint density at radius 1 is 0.850 bits per heavy atom. The normalized spacial score (nSPS) is 14.2. The van der Waals surface area contributed by atoms with Gasteiger partial charge >= 0.3 is 5.97 Å². The lowest BCUT2D eigenvalue weighted by molar-refractivity contribution is -0.142. The number of nitrogens with two attached hydrogens (primary N) is 1. The number of benzene rings is 2. The van der Waals surface area contributed by atoms with E-state index in [4.69, 9.17) is 5.73 Å². The Bertz CT molecular complexity index is 1310. The number of thiol groups is 1. The van der Waals surface area contributed by atoms with E-state index in [0.717, 1.165) is 22.0 Å². The number of aromatic amines is 1. The molecule has 3 rings (SSSR count). The number of amides is 3. The number of carbonyl (C=O) groups is 4. The van der Waals surface area contributed by atoms with E-state index in [1.165, 1.54) is 0 Å². The smallest absolute Gasteiger partial charge is 0.326 e. The predicted octanol–water partition coefficient (Wildman–Crippen LogP) is 1.80. The highest BCUT2D eigenvalue weighted by Crippen LogP contribution is 2.19. The van der Waals surface area contributed by atoms with Gasteiger partial charge in [-0.2, -0.15) is 12.6 Å². The Morgan fingerprint density at radius 2 is 1.45 bits per heavy atom. The van der Waals surface area contributed by atoms with Gasteiger partial charge in [0.1, 0.15) is 18.1 Å². The summed E-state index contributed by atoms with van der Waals surface area (Å²) in [7, 11) is 0. The van der Waals surface area contributed by atoms with Gasteiger partial charge in [-0.3, -0.25) is 14.4 Å². The van der Waals surface area contributed by atoms with Crippen LogP contribution < -0.4 is 21.7 Å². The van der Waals surface area contributed by atoms with Crippen molar-refractivity contribution >= 4 is 47.2 Å². The van der Waals surface area contributed by atoms with E-state index in [-0.39, 0.29) is 30.9 Å². The lowest BCUT2D eigenvalue weighted by Crippen LogP contribution is -2.58. The van der Waals surface area contributed by atoms with E-state index >= 15 is 0 Å². The molecule has 3 aromatic rings. The van der Waals surface area contributed by atoms with Gasteiger partial charge < -0.3 is 31.8 Å². The minimum Gasteiger partial charge on any atom is -0.480 e. The van der Waals surface area contributed by atoms with Crippen LogP contribution in [0.2, 0.25) is 0 Å². The number of rotatable bonds is 14. The van der Waals surface area contributed by atoms with Crippen LogP contribution >= 0.6 is 12.6 Å². The molecule has 0 aliphatic rings. The zero-order valence-electron chi connectivity index (χ0n) is 22.6. The fraction of sp³-hybridized carbons (Fsp3) is 0.379. The number of aromatic nitrogens is 1. The lowest BCUT2D eigenvalue weighted by Gasteiger charge is -2.25. The number of nitrogens with one attached hydrogen (secondary N) is 4. The molecule has 11 heteroatoms. The van der Waals surface area contributed by atoms with Crippen molar-refractivity contribution in [3.05, 3.63) is 71.9 Å². The van der Waals surface area contributed by atoms with Crippen LogP contribution in [0, 0.1) is 5.92 Å². The maximum Gasteiger partial charge on any atom is 0.326 e. The zero-order valence-corrected chi connectivity index (χ0v) is 23.5. The minimum absolute atomic E-state index is 0.0285. The summed E-state index contributed by atoms with van der Waals surface area (Å²) in [6.45, 7) is 3.71. The number of para-hydroxylation sites is 1. The summed E-state index contributed by atoms with van der Waals surface area (Å²) < 4.78 is 0. The first kappa shape index (κ1) is 30.7. The van der Waals surface area contributed by atoms with E-state index in [2.05, 4.69) is 33.6 Å². The van der Waals surface area contributed by atoms with Crippen molar-refractivity contribution in [3.8, 4) is 0 Å². The largest absolute Gasteiger partial charge is 0.480 e. The summed E-state index contributed by atoms with van der Waals surface area (Å²) in [5.41, 5.74) is 8.75. The van der Waals surface area contributed by atoms with E-state index < -0.39 is 47.9 Å². The third kappa shape index (κ3) is 8.59. The molecule has 0 bridgehead atoms. The van der Waals surface area contributed by atoms with E-state index in [1.807, 2.05) is 44.2 Å². The highest BCUT2D eigenvalue weighted by molar-refractivity contribution is 7.80. The van der Waals surface area contributed by atoms with E-state index in [0.29, 0.717) is 0 Å². The predicted molar refractivity (Wildman–Crippen MR) is 157 cm³/mol. The molecule has 3 amide bonds. The van der Waals surface area contributed by atoms with Crippen LogP contribution in [0.25, 0.3) is 10.9 Å². The van der Waals surface area contributed by atoms with Crippen molar-refractivity contribution in [2.75, 3.05) is 5.75 Å². The Kier molecular flexibility index (Phi) is 11.2. The average molecular weight is 568 g/mol. The Labute approximate surface area is 238 Å². The van der Waals surface area contributed by atoms with Gasteiger partial charge in [0.15, 0.2) is 0 Å². The first-order chi connectivity index (χ1) is 19.1. The molecule has 0 aliphatic heterocycles. The van der Waals surface area contributed by atoms with Crippen LogP contribution in [0.4, 0.5) is 0 Å². The molecular formula is C29H37N5O5S. The van der Waals surface area contributed by atoms with Crippen LogP contribution in [0.3, 0.4) is 0 Å². The fourth-order valence-electron chi connectivity index (χ4n) is 4.40. The first-order valence-electron chi connectivity index (χ1n) is 13.2. The van der Waals surface area contributed by atoms with Gasteiger partial charge in [-0.15, -0.1) is 0 Å². The minimum atomic E-state index is -1.16. The van der Waals surface area contributed by atoms with Crippen LogP contribution in [0.1, 0.15) is 31.4 Å². The maximum absolute atomic E-state index is 13.2. The zero-order chi connectivity index (χ0) is 29.2. The summed E-state index contributed by atoms with van der Waals surface area (Å²) in [6, 6.07) is 12.5. The molecule has 7 N–H and O–H groups in total. The van der Waals surface area contributed by atoms with E-state index in [1.54, 1.807) is 30.5 Å². The number of hydrogen-bond donors (Lipinski definition) is 7. The number of carbonyl (C=O) groups excluding carboxylic acids is 3. The van der Waals surface area contributed by atoms with Gasteiger partial charge in [-0.25, -0.2) is 4.79 Å². The van der Waals surface area contributed by atoms with Crippen molar-refractivity contribution in [2.45, 2.75) is 57.3 Å². The van der Waals surface area contributed by atoms with Gasteiger partial charge in [0.2, 0.25) is 17.7 Å². The summed E-state index contributed by atoms with van der Waals surface area (Å²) in [6.07, 6.45) is 2.41. The van der Waals surface area contributed by atoms with Crippen LogP contribution in [0.5, 0.6) is 0 Å². The number of aliphatic carboxylic acids is 1. The number of fused-ring (bicyclic) bond motifs is 1. The molecule has 2 aromatic carbocycles. The van der Waals surface area contributed by atoms with Crippen LogP contribution in [-0.4, -0.2) is 63.7 Å². The first-order valence-corrected chi connectivity index (χ1v) is 13.8. The number of carboxylic acids is 1. The van der Waals surface area contributed by atoms with Crippen molar-refractivity contribution in [2.24, 2.45) is 11.7 Å². The molecular weight excluding hydrogens is 530 g/mol. The summed E-state index contributed by atoms with van der Waals surface area (Å²) in [4.78, 5) is 54.2. The van der Waals surface area contributed by atoms with Gasteiger partial charge in [0, 0.05) is 29.3 Å². The highest BCUT2D eigenvalue weighted by Gasteiger charge is 2.30. The van der Waals surface area contributed by atoms with Crippen LogP contribution in [-0.2, 0) is 32.0 Å². The lowest BCUT2D eigenvalue weighted by atomic mass is 10.0. The van der Waals surface area contributed by atoms with Gasteiger partial charge in [0.05, 0.1) is 6.04 Å². The second kappa shape index (κ2) is 14.5. The van der Waals surface area contributed by atoms with Gasteiger partial charge in [0.25, 0.3) is 0 Å². The second-order valence-corrected chi connectivity index (χ2v) is 10.6. The summed E-state index contributed by atoms with van der Waals surface area (Å²) >= 11 is 4.23. The molecule has 10 nitrogen and oxygen atoms in total. The molecule has 0 radical (unpaired) electrons. The van der Waals surface area contributed by atoms with Gasteiger partial charge in [-0.1, -0.05) is 62.4 Å². The molecule has 214 valence electrons. The maximum atomic E-state index is 13.2. The van der Waals surface area contributed by atoms with Crippen molar-refractivity contribution < 1.29 is 24.3 Å². The van der Waals surface area contributed by atoms with Gasteiger partial charge in [-0.05, 0) is 36.0 Å². The molecule has 0 fully saturated rings. The van der Waals surface area contributed by atoms with Crippen LogP contribution in [0.15, 0.2) is 60.8 Å². The molecule has 0 saturated heterocycles. The molecule has 1 heterocycles. The second-order valence-electron chi connectivity index (χ2n) is 10.2. The molecule has 0 aliphatic carbocycles. The SMILES string of the molecule is CC(C)CC(NC(=O)C(Cc1ccccc1)NC(=O)C(CS)NC(=O)C(N)Cc1c[nH]c2ccccc12)C(=O)O. The quantitative estimate of drug-likeness (QED) is 0.147. The topological polar surface area (TPSA) is 166 Å². The Hall–Kier alpha value is -3.83. The standard InChI is InChI=1S/C29H37N5O5S/c1-17(2)12-24(29(38)39)33-27(36)23(13-18-8-4-3-5-9-18)32-28(37)25(16-40)34-26(35)21(30)14-19-15-31-22-11-7-6-10-20(19)22/h3-11,15,17,21,23-25,31,40H,12-14,16,30H2,1-2H3,(H,32,37)(H,33,36)(H,34,35)(H,38,39). The molecule has 4 atom stereocenters. The summed E-state index contributed by atoms with van der Waals surface area (Å²) in [5, 5.41) is 18.4. The third-order valence-corrected chi connectivity index (χ3v) is 6.87. The molecule has 40 heavy (non-hydrogen) atoms. The molecule has 1 aromatic heterocycles. The van der Waals surface area contributed by atoms with Crippen molar-refractivity contribution in [1.82, 2.24) is 20.9 Å². The number of carboxylic acid groups (broad SMARTS) is 1. The number of H-pyrrole nitrogens is 1. The molecule has 0 saturated carbocycles. The fourth-order valence-corrected chi connectivity index (χ4v) is 4.66. The Morgan fingerprint density at radius 3 is 2.10 bits per heavy atom. The molecule has 0 spiro atoms. The van der Waals surface area contributed by atoms with E-state index in [9.17, 15) is 24.3 Å². The third-order valence-electron chi connectivity index (χ3n) is 6.50. The monoisotopic (exact) mass is 567 g/mol.